The Labute approximate surface area is 251 Å². The van der Waals surface area contributed by atoms with Crippen LogP contribution in [0.3, 0.4) is 0 Å². The van der Waals surface area contributed by atoms with Gasteiger partial charge in [-0.05, 0) is 32.2 Å². The predicted molar refractivity (Wildman–Crippen MR) is 146 cm³/mol. The van der Waals surface area contributed by atoms with Crippen LogP contribution in [0.2, 0.25) is 0 Å². The number of alkyl halides is 6. The van der Waals surface area contributed by atoms with Gasteiger partial charge in [-0.2, -0.15) is 23.1 Å². The number of ether oxygens (including phenoxy) is 1. The molecule has 0 aromatic carbocycles. The van der Waals surface area contributed by atoms with Crippen LogP contribution >= 0.6 is 0 Å². The van der Waals surface area contributed by atoms with E-state index in [9.17, 15) is 30.7 Å². The molecule has 0 amide bonds. The Kier molecular flexibility index (Phi) is 7.00. The highest BCUT2D eigenvalue weighted by atomic mass is 19.4. The number of halogens is 8. The first kappa shape index (κ1) is 30.1. The topological polar surface area (TPSA) is 105 Å². The molecule has 4 aliphatic heterocycles. The monoisotopic (exact) mass is 644 g/mol. The van der Waals surface area contributed by atoms with E-state index < -0.39 is 69.8 Å². The summed E-state index contributed by atoms with van der Waals surface area (Å²) in [7, 11) is 0. The standard InChI is InChI=1S/C28H28F8N8O/c29-13-7-26(3-1-5-44(26)9-13)12-45-25-40-20-15(23(41-25)43-10-14-2-4-27(11-43,42-14)24(32)33)8-38-22(19(20)31)21-18(28(34,35)36)16(30)6-17(37)39-21/h6,8,13-14,24,42H,1-5,7,9-12H2,(H2,37,39). The van der Waals surface area contributed by atoms with Crippen LogP contribution in [-0.4, -0.2) is 87.3 Å². The van der Waals surface area contributed by atoms with E-state index in [4.69, 9.17) is 10.5 Å². The fourth-order valence-corrected chi connectivity index (χ4v) is 7.43. The smallest absolute Gasteiger partial charge is 0.421 e. The summed E-state index contributed by atoms with van der Waals surface area (Å²) in [6.45, 7) is 0.853. The molecule has 0 saturated carbocycles. The molecule has 242 valence electrons. The van der Waals surface area contributed by atoms with Gasteiger partial charge in [-0.15, -0.1) is 0 Å². The van der Waals surface area contributed by atoms with Gasteiger partial charge < -0.3 is 20.7 Å². The van der Waals surface area contributed by atoms with Crippen molar-refractivity contribution >= 4 is 22.5 Å². The number of anilines is 2. The molecule has 4 atom stereocenters. The number of fused-ring (bicyclic) bond motifs is 4. The van der Waals surface area contributed by atoms with Gasteiger partial charge in [0.2, 0.25) is 0 Å². The first-order valence-electron chi connectivity index (χ1n) is 14.5. The molecule has 3 aromatic heterocycles. The maximum absolute atomic E-state index is 16.3. The molecule has 0 radical (unpaired) electrons. The average molecular weight is 645 g/mol. The van der Waals surface area contributed by atoms with Gasteiger partial charge in [-0.3, -0.25) is 9.88 Å². The van der Waals surface area contributed by atoms with Crippen LogP contribution < -0.4 is 20.7 Å². The number of hydrogen-bond donors (Lipinski definition) is 2. The van der Waals surface area contributed by atoms with Gasteiger partial charge in [-0.1, -0.05) is 0 Å². The lowest BCUT2D eigenvalue weighted by Gasteiger charge is -2.41. The van der Waals surface area contributed by atoms with Crippen molar-refractivity contribution in [2.45, 2.75) is 68.0 Å². The Hall–Kier alpha value is -3.60. The number of nitrogens with zero attached hydrogens (tertiary/aromatic N) is 6. The summed E-state index contributed by atoms with van der Waals surface area (Å²) in [4.78, 5) is 19.6. The molecule has 3 aromatic rings. The van der Waals surface area contributed by atoms with Crippen molar-refractivity contribution in [1.82, 2.24) is 30.2 Å². The van der Waals surface area contributed by atoms with Crippen LogP contribution in [0.5, 0.6) is 6.01 Å². The third-order valence-corrected chi connectivity index (χ3v) is 9.43. The number of piperazine rings is 1. The Morgan fingerprint density at radius 3 is 2.67 bits per heavy atom. The van der Waals surface area contributed by atoms with Crippen molar-refractivity contribution in [3.8, 4) is 17.4 Å². The largest absolute Gasteiger partial charge is 0.461 e. The van der Waals surface area contributed by atoms with Gasteiger partial charge in [0.05, 0.1) is 16.5 Å². The lowest BCUT2D eigenvalue weighted by molar-refractivity contribution is -0.139. The summed E-state index contributed by atoms with van der Waals surface area (Å²) in [5.41, 5.74) is -1.24. The minimum atomic E-state index is -5.28. The van der Waals surface area contributed by atoms with Gasteiger partial charge in [-0.25, -0.2) is 26.9 Å². The zero-order chi connectivity index (χ0) is 31.9. The Bertz CT molecular complexity index is 1660. The van der Waals surface area contributed by atoms with E-state index in [1.165, 1.54) is 4.90 Å². The second-order valence-corrected chi connectivity index (χ2v) is 12.3. The molecule has 3 N–H and O–H groups in total. The zero-order valence-electron chi connectivity index (χ0n) is 23.7. The third kappa shape index (κ3) is 4.98. The average Bonchev–Trinajstić information content (AvgIpc) is 3.60. The van der Waals surface area contributed by atoms with Crippen LogP contribution in [-0.2, 0) is 6.18 Å². The predicted octanol–water partition coefficient (Wildman–Crippen LogP) is 4.50. The van der Waals surface area contributed by atoms with E-state index >= 15 is 4.39 Å². The molecule has 4 aliphatic rings. The van der Waals surface area contributed by atoms with Gasteiger partial charge >= 0.3 is 12.2 Å². The van der Waals surface area contributed by atoms with E-state index in [0.29, 0.717) is 25.5 Å². The molecule has 0 aliphatic carbocycles. The van der Waals surface area contributed by atoms with E-state index in [-0.39, 0.29) is 62.3 Å². The molecule has 4 unspecified atom stereocenters. The number of nitrogens with one attached hydrogen (secondary N) is 1. The number of nitrogens with two attached hydrogens (primary N) is 1. The number of hydrogen-bond acceptors (Lipinski definition) is 9. The van der Waals surface area contributed by atoms with E-state index in [0.717, 1.165) is 12.6 Å². The number of rotatable bonds is 6. The molecule has 4 fully saturated rings. The Balaban J connectivity index is 1.36. The first-order valence-corrected chi connectivity index (χ1v) is 14.5. The minimum absolute atomic E-state index is 0.00953. The van der Waals surface area contributed by atoms with E-state index in [2.05, 4.69) is 25.3 Å². The van der Waals surface area contributed by atoms with Gasteiger partial charge in [0.15, 0.2) is 5.82 Å². The summed E-state index contributed by atoms with van der Waals surface area (Å²) >= 11 is 0. The van der Waals surface area contributed by atoms with Gasteiger partial charge in [0.1, 0.15) is 52.7 Å². The summed E-state index contributed by atoms with van der Waals surface area (Å²) in [5.74, 6) is -3.81. The highest BCUT2D eigenvalue weighted by Gasteiger charge is 2.52. The van der Waals surface area contributed by atoms with Crippen LogP contribution in [0.1, 0.15) is 37.7 Å². The second-order valence-electron chi connectivity index (χ2n) is 12.3. The molecule has 4 saturated heterocycles. The summed E-state index contributed by atoms with van der Waals surface area (Å²) < 4.78 is 121. The normalized spacial score (nSPS) is 28.4. The first-order chi connectivity index (χ1) is 21.3. The maximum atomic E-state index is 16.3. The van der Waals surface area contributed by atoms with Crippen molar-refractivity contribution < 1.29 is 39.9 Å². The van der Waals surface area contributed by atoms with Crippen LogP contribution in [0, 0.1) is 11.6 Å². The van der Waals surface area contributed by atoms with Crippen molar-refractivity contribution in [3.63, 3.8) is 0 Å². The second kappa shape index (κ2) is 10.5. The zero-order valence-corrected chi connectivity index (χ0v) is 23.7. The van der Waals surface area contributed by atoms with Gasteiger partial charge in [0, 0.05) is 44.4 Å². The molecular formula is C28H28F8N8O. The van der Waals surface area contributed by atoms with Crippen LogP contribution in [0.15, 0.2) is 12.3 Å². The molecule has 2 bridgehead atoms. The molecular weight excluding hydrogens is 616 g/mol. The summed E-state index contributed by atoms with van der Waals surface area (Å²) in [6.07, 6.45) is -5.78. The molecule has 7 rings (SSSR count). The number of aromatic nitrogens is 4. The fraction of sp³-hybridized carbons (Fsp3) is 0.571. The molecule has 7 heterocycles. The number of pyridine rings is 2. The van der Waals surface area contributed by atoms with Crippen molar-refractivity contribution in [3.05, 3.63) is 29.5 Å². The van der Waals surface area contributed by atoms with E-state index in [1.54, 1.807) is 0 Å². The van der Waals surface area contributed by atoms with Crippen molar-refractivity contribution in [1.29, 1.82) is 0 Å². The number of nitrogen functional groups attached to an aromatic ring is 1. The molecule has 0 spiro atoms. The van der Waals surface area contributed by atoms with Crippen LogP contribution in [0.4, 0.5) is 46.8 Å². The molecule has 9 nitrogen and oxygen atoms in total. The highest BCUT2D eigenvalue weighted by Crippen LogP contribution is 2.43. The maximum Gasteiger partial charge on any atom is 0.421 e. The van der Waals surface area contributed by atoms with Crippen LogP contribution in [0.25, 0.3) is 22.3 Å². The summed E-state index contributed by atoms with van der Waals surface area (Å²) in [5, 5.41) is 2.88. The quantitative estimate of drug-likeness (QED) is 0.376. The minimum Gasteiger partial charge on any atom is -0.461 e. The Morgan fingerprint density at radius 1 is 1.11 bits per heavy atom. The van der Waals surface area contributed by atoms with Crippen molar-refractivity contribution in [2.24, 2.45) is 0 Å². The molecule has 17 heteroatoms. The fourth-order valence-electron chi connectivity index (χ4n) is 7.43. The lowest BCUT2D eigenvalue weighted by atomic mass is 9.95. The van der Waals surface area contributed by atoms with E-state index in [1.807, 2.05) is 4.90 Å². The van der Waals surface area contributed by atoms with Crippen molar-refractivity contribution in [2.75, 3.05) is 43.4 Å². The SMILES string of the molecule is Nc1cc(F)c(C(F)(F)F)c(-c2ncc3c(N4CC5CCC(C(F)F)(C4)N5)nc(OCC45CCCN4CC(F)C5)nc3c2F)n1. The molecule has 45 heavy (non-hydrogen) atoms. The Morgan fingerprint density at radius 2 is 1.91 bits per heavy atom. The third-order valence-electron chi connectivity index (χ3n) is 9.43. The highest BCUT2D eigenvalue weighted by molar-refractivity contribution is 5.92. The lowest BCUT2D eigenvalue weighted by Crippen LogP contribution is -2.63. The van der Waals surface area contributed by atoms with Gasteiger partial charge in [0.25, 0.3) is 6.43 Å². The summed E-state index contributed by atoms with van der Waals surface area (Å²) in [6, 6.07) is -0.345.